The van der Waals surface area contributed by atoms with Crippen LogP contribution in [0.4, 0.5) is 14.5 Å². The van der Waals surface area contributed by atoms with Crippen molar-refractivity contribution < 1.29 is 23.6 Å². The van der Waals surface area contributed by atoms with Crippen LogP contribution in [0.5, 0.6) is 0 Å². The number of halogens is 2. The Morgan fingerprint density at radius 3 is 2.38 bits per heavy atom. The minimum Gasteiger partial charge on any atom is -0.394 e. The van der Waals surface area contributed by atoms with E-state index in [9.17, 15) is 28.8 Å². The molecule has 116 valence electrons. The molecule has 2 N–H and O–H groups in total. The van der Waals surface area contributed by atoms with Crippen LogP contribution in [0.25, 0.3) is 0 Å². The highest BCUT2D eigenvalue weighted by molar-refractivity contribution is 5.95. The predicted octanol–water partition coefficient (Wildman–Crippen LogP) is 2.15. The summed E-state index contributed by atoms with van der Waals surface area (Å²) < 4.78 is 27.2. The van der Waals surface area contributed by atoms with Gasteiger partial charge in [0.25, 0.3) is 5.91 Å². The Morgan fingerprint density at radius 1 is 1.38 bits per heavy atom. The zero-order chi connectivity index (χ0) is 16.2. The second-order valence-electron chi connectivity index (χ2n) is 4.64. The fourth-order valence-electron chi connectivity index (χ4n) is 1.87. The molecule has 0 heterocycles. The number of carbonyl (C=O) groups is 1. The average molecular weight is 302 g/mol. The number of aliphatic hydroxyl groups is 1. The normalized spacial score (nSPS) is 11.3. The first kappa shape index (κ1) is 17.0. The predicted molar refractivity (Wildman–Crippen MR) is 70.9 cm³/mol. The van der Waals surface area contributed by atoms with E-state index >= 15 is 0 Å². The maximum atomic E-state index is 13.9. The van der Waals surface area contributed by atoms with Gasteiger partial charge in [-0.15, -0.1) is 0 Å². The first-order valence-corrected chi connectivity index (χ1v) is 6.37. The minimum atomic E-state index is -1.40. The summed E-state index contributed by atoms with van der Waals surface area (Å²) in [5, 5.41) is 22.4. The minimum absolute atomic E-state index is 0.366. The Balaban J connectivity index is 3.22. The Hall–Kier alpha value is -2.09. The van der Waals surface area contributed by atoms with Gasteiger partial charge in [0, 0.05) is 0 Å². The van der Waals surface area contributed by atoms with Crippen LogP contribution < -0.4 is 5.32 Å². The fraction of sp³-hybridized carbons (Fsp3) is 0.462. The third kappa shape index (κ3) is 3.52. The van der Waals surface area contributed by atoms with Crippen LogP contribution in [-0.2, 0) is 0 Å². The van der Waals surface area contributed by atoms with Gasteiger partial charge in [-0.25, -0.2) is 4.39 Å². The van der Waals surface area contributed by atoms with Gasteiger partial charge in [0.1, 0.15) is 5.82 Å². The van der Waals surface area contributed by atoms with Crippen LogP contribution in [0.1, 0.15) is 37.0 Å². The molecule has 0 aromatic heterocycles. The van der Waals surface area contributed by atoms with Gasteiger partial charge < -0.3 is 10.4 Å². The first-order chi connectivity index (χ1) is 9.80. The maximum Gasteiger partial charge on any atom is 0.308 e. The van der Waals surface area contributed by atoms with Gasteiger partial charge in [0.2, 0.25) is 5.82 Å². The van der Waals surface area contributed by atoms with Crippen molar-refractivity contribution in [2.24, 2.45) is 0 Å². The molecule has 0 aliphatic heterocycles. The Morgan fingerprint density at radius 2 is 1.95 bits per heavy atom. The molecule has 1 aromatic rings. The van der Waals surface area contributed by atoms with Gasteiger partial charge in [0.05, 0.1) is 28.7 Å². The lowest BCUT2D eigenvalue weighted by molar-refractivity contribution is -0.387. The molecule has 0 fully saturated rings. The molecule has 1 rings (SSSR count). The highest BCUT2D eigenvalue weighted by Crippen LogP contribution is 2.23. The van der Waals surface area contributed by atoms with Crippen LogP contribution in [0, 0.1) is 21.7 Å². The summed E-state index contributed by atoms with van der Waals surface area (Å²) in [6.07, 6.45) is 0.732. The Bertz CT molecular complexity index is 551. The summed E-state index contributed by atoms with van der Waals surface area (Å²) in [5.41, 5.74) is -2.85. The van der Waals surface area contributed by atoms with Crippen molar-refractivity contribution in [3.63, 3.8) is 0 Å². The van der Waals surface area contributed by atoms with E-state index in [1.165, 1.54) is 0 Å². The van der Waals surface area contributed by atoms with Crippen LogP contribution in [0.15, 0.2) is 12.1 Å². The molecule has 0 bridgehead atoms. The van der Waals surface area contributed by atoms with Gasteiger partial charge in [-0.3, -0.25) is 14.9 Å². The molecule has 0 aliphatic carbocycles. The Labute approximate surface area is 119 Å². The number of hydrogen-bond acceptors (Lipinski definition) is 4. The van der Waals surface area contributed by atoms with Gasteiger partial charge in [-0.05, 0) is 18.9 Å². The van der Waals surface area contributed by atoms with E-state index in [0.717, 1.165) is 0 Å². The van der Waals surface area contributed by atoms with Gasteiger partial charge >= 0.3 is 5.69 Å². The van der Waals surface area contributed by atoms with E-state index in [1.807, 2.05) is 0 Å². The molecule has 1 aromatic carbocycles. The SMILES string of the molecule is CCC(CC)(CO)NC(=O)c1cc(F)cc([N+](=O)[O-])c1F. The molecule has 8 heteroatoms. The van der Waals surface area contributed by atoms with Crippen LogP contribution in [-0.4, -0.2) is 28.1 Å². The number of nitrogens with one attached hydrogen (secondary N) is 1. The van der Waals surface area contributed by atoms with E-state index in [2.05, 4.69) is 5.32 Å². The van der Waals surface area contributed by atoms with Gasteiger partial charge in [-0.2, -0.15) is 4.39 Å². The number of hydrogen-bond donors (Lipinski definition) is 2. The lowest BCUT2D eigenvalue weighted by Crippen LogP contribution is -2.50. The molecule has 6 nitrogen and oxygen atoms in total. The molecular weight excluding hydrogens is 286 g/mol. The standard InChI is InChI=1S/C13H16F2N2O4/c1-3-13(4-2,7-18)16-12(19)9-5-8(14)6-10(11(9)15)17(20)21/h5-6,18H,3-4,7H2,1-2H3,(H,16,19). The van der Waals surface area contributed by atoms with Crippen molar-refractivity contribution in [1.82, 2.24) is 5.32 Å². The molecule has 0 aliphatic rings. The topological polar surface area (TPSA) is 92.5 Å². The van der Waals surface area contributed by atoms with Gasteiger partial charge in [-0.1, -0.05) is 13.8 Å². The van der Waals surface area contributed by atoms with Crippen molar-refractivity contribution in [2.75, 3.05) is 6.61 Å². The zero-order valence-electron chi connectivity index (χ0n) is 11.7. The summed E-state index contributed by atoms with van der Waals surface area (Å²) >= 11 is 0. The lowest BCUT2D eigenvalue weighted by Gasteiger charge is -2.30. The molecule has 0 unspecified atom stereocenters. The average Bonchev–Trinajstić information content (AvgIpc) is 2.46. The quantitative estimate of drug-likeness (QED) is 0.622. The van der Waals surface area contributed by atoms with Crippen LogP contribution in [0.2, 0.25) is 0 Å². The lowest BCUT2D eigenvalue weighted by atomic mass is 9.93. The van der Waals surface area contributed by atoms with Crippen molar-refractivity contribution in [2.45, 2.75) is 32.2 Å². The molecule has 0 atom stereocenters. The van der Waals surface area contributed by atoms with Crippen molar-refractivity contribution in [3.8, 4) is 0 Å². The number of nitro groups is 1. The summed E-state index contributed by atoms with van der Waals surface area (Å²) in [6, 6.07) is 0.996. The van der Waals surface area contributed by atoms with Crippen LogP contribution >= 0.6 is 0 Å². The number of nitro benzene ring substituents is 1. The fourth-order valence-corrected chi connectivity index (χ4v) is 1.87. The molecule has 0 saturated carbocycles. The molecular formula is C13H16F2N2O4. The van der Waals surface area contributed by atoms with Crippen molar-refractivity contribution in [3.05, 3.63) is 39.4 Å². The number of aliphatic hydroxyl groups excluding tert-OH is 1. The largest absolute Gasteiger partial charge is 0.394 e. The number of amides is 1. The highest BCUT2D eigenvalue weighted by Gasteiger charge is 2.31. The van der Waals surface area contributed by atoms with Crippen molar-refractivity contribution in [1.29, 1.82) is 0 Å². The van der Waals surface area contributed by atoms with E-state index in [0.29, 0.717) is 25.0 Å². The van der Waals surface area contributed by atoms with Crippen LogP contribution in [0.3, 0.4) is 0 Å². The third-order valence-electron chi connectivity index (χ3n) is 3.49. The smallest absolute Gasteiger partial charge is 0.308 e. The Kier molecular flexibility index (Phi) is 5.31. The second-order valence-corrected chi connectivity index (χ2v) is 4.64. The van der Waals surface area contributed by atoms with E-state index in [-0.39, 0.29) is 6.61 Å². The molecule has 0 spiro atoms. The third-order valence-corrected chi connectivity index (χ3v) is 3.49. The molecule has 1 amide bonds. The zero-order valence-corrected chi connectivity index (χ0v) is 11.7. The molecule has 0 saturated heterocycles. The van der Waals surface area contributed by atoms with Gasteiger partial charge in [0.15, 0.2) is 0 Å². The summed E-state index contributed by atoms with van der Waals surface area (Å²) in [7, 11) is 0. The second kappa shape index (κ2) is 6.57. The summed E-state index contributed by atoms with van der Waals surface area (Å²) in [6.45, 7) is 3.04. The number of nitrogens with zero attached hydrogens (tertiary/aromatic N) is 1. The summed E-state index contributed by atoms with van der Waals surface area (Å²) in [4.78, 5) is 21.6. The maximum absolute atomic E-state index is 13.9. The van der Waals surface area contributed by atoms with E-state index in [4.69, 9.17) is 0 Å². The van der Waals surface area contributed by atoms with E-state index < -0.39 is 39.3 Å². The van der Waals surface area contributed by atoms with E-state index in [1.54, 1.807) is 13.8 Å². The molecule has 0 radical (unpaired) electrons. The summed E-state index contributed by atoms with van der Waals surface area (Å²) in [5.74, 6) is -3.50. The first-order valence-electron chi connectivity index (χ1n) is 6.37. The number of carbonyl (C=O) groups excluding carboxylic acids is 1. The monoisotopic (exact) mass is 302 g/mol. The number of rotatable bonds is 6. The number of benzene rings is 1. The van der Waals surface area contributed by atoms with Crippen molar-refractivity contribution >= 4 is 11.6 Å². The molecule has 21 heavy (non-hydrogen) atoms. The highest BCUT2D eigenvalue weighted by atomic mass is 19.1.